The van der Waals surface area contributed by atoms with Crippen molar-refractivity contribution < 1.29 is 24.2 Å². The highest BCUT2D eigenvalue weighted by molar-refractivity contribution is 5.92. The third-order valence-electron chi connectivity index (χ3n) is 5.76. The lowest BCUT2D eigenvalue weighted by atomic mass is 9.84. The van der Waals surface area contributed by atoms with Crippen LogP contribution in [0.5, 0.6) is 0 Å². The summed E-state index contributed by atoms with van der Waals surface area (Å²) in [7, 11) is 1.58. The molecule has 24 heavy (non-hydrogen) atoms. The van der Waals surface area contributed by atoms with Crippen LogP contribution >= 0.6 is 0 Å². The number of ether oxygens (including phenoxy) is 1. The molecule has 1 N–H and O–H groups in total. The second-order valence-electron chi connectivity index (χ2n) is 7.18. The van der Waals surface area contributed by atoms with E-state index in [4.69, 9.17) is 4.74 Å². The zero-order chi connectivity index (χ0) is 17.3. The normalized spacial score (nSPS) is 33.0. The van der Waals surface area contributed by atoms with E-state index in [0.717, 1.165) is 25.7 Å². The molecule has 4 atom stereocenters. The second kappa shape index (κ2) is 7.09. The van der Waals surface area contributed by atoms with Crippen molar-refractivity contribution in [2.45, 2.75) is 50.6 Å². The summed E-state index contributed by atoms with van der Waals surface area (Å²) < 4.78 is 5.00. The monoisotopic (exact) mass is 338 g/mol. The molecule has 0 aromatic rings. The fourth-order valence-electron chi connectivity index (χ4n) is 4.56. The number of likely N-dealkylation sites (tertiary alicyclic amines) is 2. The second-order valence-corrected chi connectivity index (χ2v) is 7.18. The Hall–Kier alpha value is -1.63. The molecule has 134 valence electrons. The molecular weight excluding hydrogens is 312 g/mol. The van der Waals surface area contributed by atoms with Gasteiger partial charge in [0.05, 0.1) is 12.5 Å². The van der Waals surface area contributed by atoms with E-state index in [-0.39, 0.29) is 24.3 Å². The zero-order valence-corrected chi connectivity index (χ0v) is 14.1. The van der Waals surface area contributed by atoms with Crippen LogP contribution in [-0.2, 0) is 19.1 Å². The molecular formula is C17H26N2O5. The van der Waals surface area contributed by atoms with E-state index >= 15 is 0 Å². The van der Waals surface area contributed by atoms with E-state index in [9.17, 15) is 19.5 Å². The molecule has 0 spiro atoms. The van der Waals surface area contributed by atoms with Gasteiger partial charge in [-0.25, -0.2) is 4.79 Å². The zero-order valence-electron chi connectivity index (χ0n) is 14.1. The highest BCUT2D eigenvalue weighted by Gasteiger charge is 2.50. The fraction of sp³-hybridized carbons (Fsp3) is 0.824. The van der Waals surface area contributed by atoms with Crippen LogP contribution in [0.2, 0.25) is 0 Å². The van der Waals surface area contributed by atoms with Gasteiger partial charge in [0.1, 0.15) is 6.04 Å². The van der Waals surface area contributed by atoms with Crippen molar-refractivity contribution in [2.24, 2.45) is 11.8 Å². The summed E-state index contributed by atoms with van der Waals surface area (Å²) in [6.07, 6.45) is 4.78. The molecule has 0 aromatic heterocycles. The first-order valence-electron chi connectivity index (χ1n) is 8.84. The molecule has 1 saturated carbocycles. The first-order chi connectivity index (χ1) is 11.5. The number of amides is 2. The van der Waals surface area contributed by atoms with Gasteiger partial charge < -0.3 is 19.6 Å². The lowest BCUT2D eigenvalue weighted by Gasteiger charge is -2.34. The molecule has 0 aromatic carbocycles. The maximum Gasteiger partial charge on any atom is 0.326 e. The minimum Gasteiger partial charge on any atom is -0.480 e. The van der Waals surface area contributed by atoms with Crippen molar-refractivity contribution in [3.05, 3.63) is 0 Å². The Morgan fingerprint density at radius 2 is 2.04 bits per heavy atom. The third kappa shape index (κ3) is 3.14. The standard InChI is InChI=1S/C17H26N2O5/c1-24-7-6-18-10-12(9-15(18)20)16(21)19-13-5-3-2-4-11(13)8-14(19)17(22)23/h11-14H,2-10H2,1H3,(H,22,23). The largest absolute Gasteiger partial charge is 0.480 e. The predicted molar refractivity (Wildman–Crippen MR) is 85.2 cm³/mol. The number of fused-ring (bicyclic) bond motifs is 1. The Bertz CT molecular complexity index is 523. The van der Waals surface area contributed by atoms with Crippen LogP contribution in [0.4, 0.5) is 0 Å². The quantitative estimate of drug-likeness (QED) is 0.798. The van der Waals surface area contributed by atoms with Gasteiger partial charge in [-0.15, -0.1) is 0 Å². The Balaban J connectivity index is 1.72. The average Bonchev–Trinajstić information content (AvgIpc) is 3.13. The van der Waals surface area contributed by atoms with Crippen molar-refractivity contribution in [3.8, 4) is 0 Å². The number of hydrogen-bond acceptors (Lipinski definition) is 4. The molecule has 3 fully saturated rings. The van der Waals surface area contributed by atoms with Crippen LogP contribution in [-0.4, -0.2) is 71.6 Å². The van der Waals surface area contributed by atoms with Gasteiger partial charge in [0, 0.05) is 32.7 Å². The number of nitrogens with zero attached hydrogens (tertiary/aromatic N) is 2. The summed E-state index contributed by atoms with van der Waals surface area (Å²) in [4.78, 5) is 40.0. The average molecular weight is 338 g/mol. The Labute approximate surface area is 141 Å². The van der Waals surface area contributed by atoms with E-state index < -0.39 is 17.9 Å². The van der Waals surface area contributed by atoms with Crippen LogP contribution in [0, 0.1) is 11.8 Å². The molecule has 2 amide bonds. The number of aliphatic carboxylic acids is 1. The highest BCUT2D eigenvalue weighted by Crippen LogP contribution is 2.41. The maximum absolute atomic E-state index is 13.0. The summed E-state index contributed by atoms with van der Waals surface area (Å²) >= 11 is 0. The summed E-state index contributed by atoms with van der Waals surface area (Å²) in [5, 5.41) is 9.55. The fourth-order valence-corrected chi connectivity index (χ4v) is 4.56. The number of carbonyl (C=O) groups is 3. The van der Waals surface area contributed by atoms with Crippen molar-refractivity contribution in [3.63, 3.8) is 0 Å². The number of methoxy groups -OCH3 is 1. The van der Waals surface area contributed by atoms with Crippen molar-refractivity contribution in [2.75, 3.05) is 26.8 Å². The minimum absolute atomic E-state index is 0.0375. The molecule has 2 aliphatic heterocycles. The number of rotatable bonds is 5. The van der Waals surface area contributed by atoms with Crippen LogP contribution in [0.15, 0.2) is 0 Å². The van der Waals surface area contributed by atoms with Gasteiger partial charge in [0.2, 0.25) is 11.8 Å². The van der Waals surface area contributed by atoms with Crippen molar-refractivity contribution in [1.82, 2.24) is 9.80 Å². The Morgan fingerprint density at radius 3 is 2.75 bits per heavy atom. The summed E-state index contributed by atoms with van der Waals surface area (Å²) in [6.45, 7) is 1.30. The van der Waals surface area contributed by atoms with E-state index in [0.29, 0.717) is 32.0 Å². The van der Waals surface area contributed by atoms with Gasteiger partial charge in [0.25, 0.3) is 0 Å². The summed E-state index contributed by atoms with van der Waals surface area (Å²) in [5.74, 6) is -1.23. The molecule has 4 unspecified atom stereocenters. The Morgan fingerprint density at radius 1 is 1.29 bits per heavy atom. The van der Waals surface area contributed by atoms with Crippen LogP contribution in [0.25, 0.3) is 0 Å². The van der Waals surface area contributed by atoms with Gasteiger partial charge in [-0.1, -0.05) is 12.8 Å². The van der Waals surface area contributed by atoms with E-state index in [1.54, 1.807) is 16.9 Å². The molecule has 2 heterocycles. The molecule has 0 bridgehead atoms. The molecule has 7 nitrogen and oxygen atoms in total. The summed E-state index contributed by atoms with van der Waals surface area (Å²) in [5.41, 5.74) is 0. The number of carboxylic acid groups (broad SMARTS) is 1. The predicted octanol–water partition coefficient (Wildman–Crippen LogP) is 0.726. The lowest BCUT2D eigenvalue weighted by molar-refractivity contribution is -0.151. The van der Waals surface area contributed by atoms with E-state index in [2.05, 4.69) is 0 Å². The first kappa shape index (κ1) is 17.2. The van der Waals surface area contributed by atoms with Crippen LogP contribution in [0.1, 0.15) is 38.5 Å². The smallest absolute Gasteiger partial charge is 0.326 e. The lowest BCUT2D eigenvalue weighted by Crippen LogP contribution is -2.49. The Kier molecular flexibility index (Phi) is 5.08. The van der Waals surface area contributed by atoms with E-state index in [1.807, 2.05) is 0 Å². The topological polar surface area (TPSA) is 87.2 Å². The minimum atomic E-state index is -0.918. The third-order valence-corrected chi connectivity index (χ3v) is 5.76. The van der Waals surface area contributed by atoms with Crippen molar-refractivity contribution in [1.29, 1.82) is 0 Å². The van der Waals surface area contributed by atoms with Gasteiger partial charge in [-0.05, 0) is 25.2 Å². The molecule has 1 aliphatic carbocycles. The SMILES string of the molecule is COCCN1CC(C(=O)N2C(C(=O)O)CC3CCCCC32)CC1=O. The van der Waals surface area contributed by atoms with Crippen molar-refractivity contribution >= 4 is 17.8 Å². The molecule has 3 aliphatic rings. The van der Waals surface area contributed by atoms with Gasteiger partial charge >= 0.3 is 5.97 Å². The highest BCUT2D eigenvalue weighted by atomic mass is 16.5. The molecule has 2 saturated heterocycles. The molecule has 0 radical (unpaired) electrons. The maximum atomic E-state index is 13.0. The number of carboxylic acids is 1. The van der Waals surface area contributed by atoms with Gasteiger partial charge in [0.15, 0.2) is 0 Å². The van der Waals surface area contributed by atoms with Gasteiger partial charge in [-0.2, -0.15) is 0 Å². The first-order valence-corrected chi connectivity index (χ1v) is 8.84. The number of hydrogen-bond donors (Lipinski definition) is 1. The molecule has 7 heteroatoms. The summed E-state index contributed by atoms with van der Waals surface area (Å²) in [6, 6.07) is -0.691. The van der Waals surface area contributed by atoms with Gasteiger partial charge in [-0.3, -0.25) is 9.59 Å². The number of carbonyl (C=O) groups excluding carboxylic acids is 2. The van der Waals surface area contributed by atoms with Crippen LogP contribution < -0.4 is 0 Å². The van der Waals surface area contributed by atoms with E-state index in [1.165, 1.54) is 0 Å². The van der Waals surface area contributed by atoms with Crippen LogP contribution in [0.3, 0.4) is 0 Å². The molecule has 3 rings (SSSR count).